The van der Waals surface area contributed by atoms with Gasteiger partial charge in [-0.05, 0) is 44.9 Å². The van der Waals surface area contributed by atoms with Gasteiger partial charge in [0.1, 0.15) is 6.10 Å². The molecule has 6 nitrogen and oxygen atoms in total. The lowest BCUT2D eigenvalue weighted by atomic mass is 10.0. The Morgan fingerprint density at radius 3 is 1.48 bits per heavy atom. The summed E-state index contributed by atoms with van der Waals surface area (Å²) in [6, 6.07) is -0.693. The highest BCUT2D eigenvalue weighted by Crippen LogP contribution is 2.17. The van der Waals surface area contributed by atoms with Crippen molar-refractivity contribution in [1.29, 1.82) is 0 Å². The molecule has 0 aliphatic heterocycles. The number of allylic oxidation sites excluding steroid dienone is 2. The molecule has 0 fully saturated rings. The summed E-state index contributed by atoms with van der Waals surface area (Å²) in [6.45, 7) is 6.41. The van der Waals surface area contributed by atoms with Gasteiger partial charge in [-0.3, -0.25) is 9.59 Å². The van der Waals surface area contributed by atoms with Crippen molar-refractivity contribution in [2.75, 3.05) is 6.61 Å². The number of aliphatic hydroxyl groups is 2. The normalized spacial score (nSPS) is 13.5. The van der Waals surface area contributed by atoms with Crippen LogP contribution in [0.1, 0.15) is 233 Å². The molecule has 3 atom stereocenters. The molecule has 3 N–H and O–H groups in total. The van der Waals surface area contributed by atoms with Gasteiger partial charge in [0.15, 0.2) is 0 Å². The van der Waals surface area contributed by atoms with E-state index in [-0.39, 0.29) is 24.9 Å². The van der Waals surface area contributed by atoms with E-state index in [0.29, 0.717) is 19.3 Å². The number of amides is 1. The monoisotopic (exact) mass is 708 g/mol. The summed E-state index contributed by atoms with van der Waals surface area (Å²) in [5.41, 5.74) is 0. The zero-order valence-electron chi connectivity index (χ0n) is 33.5. The summed E-state index contributed by atoms with van der Waals surface area (Å²) in [7, 11) is 0. The number of carbonyl (C=O) groups excluding carboxylic acids is 2. The average molecular weight is 708 g/mol. The van der Waals surface area contributed by atoms with Crippen molar-refractivity contribution in [3.8, 4) is 0 Å². The average Bonchev–Trinajstić information content (AvgIpc) is 3.10. The molecule has 3 unspecified atom stereocenters. The third-order valence-electron chi connectivity index (χ3n) is 10.1. The summed E-state index contributed by atoms with van der Waals surface area (Å²) in [5, 5.41) is 23.6. The van der Waals surface area contributed by atoms with Crippen molar-refractivity contribution < 1.29 is 24.5 Å². The molecule has 0 bridgehead atoms. The Morgan fingerprint density at radius 1 is 0.560 bits per heavy atom. The zero-order chi connectivity index (χ0) is 36.8. The van der Waals surface area contributed by atoms with Gasteiger partial charge in [0.05, 0.1) is 25.2 Å². The Bertz CT molecular complexity index is 757. The highest BCUT2D eigenvalue weighted by molar-refractivity contribution is 5.77. The lowest BCUT2D eigenvalue weighted by Gasteiger charge is -2.24. The minimum absolute atomic E-state index is 0.0796. The Hall–Kier alpha value is -1.40. The predicted octanol–water partition coefficient (Wildman–Crippen LogP) is 12.2. The van der Waals surface area contributed by atoms with Crippen molar-refractivity contribution in [3.63, 3.8) is 0 Å². The largest absolute Gasteiger partial charge is 0.462 e. The molecule has 1 amide bonds. The van der Waals surface area contributed by atoms with Gasteiger partial charge in [-0.25, -0.2) is 0 Å². The number of esters is 1. The SMILES string of the molecule is CCCC/C=C\CCCCCCCC(=O)OC(CCCCCCCCCCC)CC(=O)NC(CO)C(O)CCCCCCCCCCCCC. The van der Waals surface area contributed by atoms with Gasteiger partial charge in [0, 0.05) is 6.42 Å². The maximum atomic E-state index is 13.1. The number of rotatable bonds is 39. The minimum atomic E-state index is -0.780. The van der Waals surface area contributed by atoms with E-state index in [0.717, 1.165) is 51.4 Å². The van der Waals surface area contributed by atoms with Crippen LogP contribution in [-0.2, 0) is 14.3 Å². The van der Waals surface area contributed by atoms with Gasteiger partial charge < -0.3 is 20.3 Å². The molecule has 0 aliphatic carbocycles. The van der Waals surface area contributed by atoms with Gasteiger partial charge in [0.25, 0.3) is 0 Å². The van der Waals surface area contributed by atoms with E-state index in [2.05, 4.69) is 38.2 Å². The van der Waals surface area contributed by atoms with Crippen LogP contribution in [0.2, 0.25) is 0 Å². The molecule has 0 aromatic rings. The topological polar surface area (TPSA) is 95.9 Å². The molecule has 0 radical (unpaired) electrons. The first-order valence-electron chi connectivity index (χ1n) is 21.9. The van der Waals surface area contributed by atoms with E-state index in [4.69, 9.17) is 4.74 Å². The number of ether oxygens (including phenoxy) is 1. The molecule has 0 saturated carbocycles. The molecule has 0 spiro atoms. The van der Waals surface area contributed by atoms with E-state index in [1.54, 1.807) is 0 Å². The number of carbonyl (C=O) groups is 2. The summed E-state index contributed by atoms with van der Waals surface area (Å²) in [6.07, 6.45) is 39.8. The second-order valence-electron chi connectivity index (χ2n) is 15.1. The number of hydrogen-bond acceptors (Lipinski definition) is 5. The van der Waals surface area contributed by atoms with Crippen LogP contribution in [0.15, 0.2) is 12.2 Å². The molecule has 296 valence electrons. The number of aliphatic hydroxyl groups excluding tert-OH is 2. The number of nitrogens with one attached hydrogen (secondary N) is 1. The van der Waals surface area contributed by atoms with Gasteiger partial charge in [-0.15, -0.1) is 0 Å². The second-order valence-corrected chi connectivity index (χ2v) is 15.1. The van der Waals surface area contributed by atoms with Crippen LogP contribution in [0.25, 0.3) is 0 Å². The first kappa shape index (κ1) is 48.6. The van der Waals surface area contributed by atoms with Gasteiger partial charge in [-0.2, -0.15) is 0 Å². The fourth-order valence-corrected chi connectivity index (χ4v) is 6.70. The van der Waals surface area contributed by atoms with Crippen LogP contribution in [0, 0.1) is 0 Å². The molecule has 0 heterocycles. The predicted molar refractivity (Wildman–Crippen MR) is 213 cm³/mol. The Kier molecular flexibility index (Phi) is 37.7. The molecular formula is C44H85NO5. The summed E-state index contributed by atoms with van der Waals surface area (Å²) >= 11 is 0. The quantitative estimate of drug-likeness (QED) is 0.0336. The van der Waals surface area contributed by atoms with E-state index < -0.39 is 18.2 Å². The van der Waals surface area contributed by atoms with Crippen LogP contribution in [0.4, 0.5) is 0 Å². The van der Waals surface area contributed by atoms with Crippen LogP contribution in [0.5, 0.6) is 0 Å². The van der Waals surface area contributed by atoms with E-state index in [1.165, 1.54) is 135 Å². The lowest BCUT2D eigenvalue weighted by Crippen LogP contribution is -2.46. The van der Waals surface area contributed by atoms with Crippen molar-refractivity contribution in [1.82, 2.24) is 5.32 Å². The third kappa shape index (κ3) is 33.7. The zero-order valence-corrected chi connectivity index (χ0v) is 33.5. The lowest BCUT2D eigenvalue weighted by molar-refractivity contribution is -0.151. The number of unbranched alkanes of at least 4 members (excludes halogenated alkanes) is 25. The molecule has 0 saturated heterocycles. The Balaban J connectivity index is 4.54. The Labute approximate surface area is 310 Å². The van der Waals surface area contributed by atoms with Gasteiger partial charge in [0.2, 0.25) is 5.91 Å². The molecule has 0 aliphatic rings. The van der Waals surface area contributed by atoms with E-state index >= 15 is 0 Å². The Morgan fingerprint density at radius 2 is 0.980 bits per heavy atom. The molecule has 6 heteroatoms. The minimum Gasteiger partial charge on any atom is -0.462 e. The standard InChI is InChI=1S/C44H85NO5/c1-4-7-10-13-16-19-21-24-27-30-33-36-42(47)41(39-46)45-43(48)38-40(35-32-29-26-23-18-15-12-9-6-3)50-44(49)37-34-31-28-25-22-20-17-14-11-8-5-2/h14,17,40-42,46-47H,4-13,15-16,18-39H2,1-3H3,(H,45,48)/b17-14-. The second kappa shape index (κ2) is 38.8. The number of hydrogen-bond donors (Lipinski definition) is 3. The maximum absolute atomic E-state index is 13.1. The van der Waals surface area contributed by atoms with Gasteiger partial charge in [-0.1, -0.05) is 187 Å². The molecule has 0 aromatic carbocycles. The fourth-order valence-electron chi connectivity index (χ4n) is 6.70. The summed E-state index contributed by atoms with van der Waals surface area (Å²) in [5.74, 6) is -0.479. The molecule has 0 aromatic heterocycles. The van der Waals surface area contributed by atoms with Crippen LogP contribution >= 0.6 is 0 Å². The molecular weight excluding hydrogens is 622 g/mol. The van der Waals surface area contributed by atoms with Crippen LogP contribution in [0.3, 0.4) is 0 Å². The summed E-state index contributed by atoms with van der Waals surface area (Å²) in [4.78, 5) is 25.8. The first-order chi connectivity index (χ1) is 24.5. The fraction of sp³-hybridized carbons (Fsp3) is 0.909. The third-order valence-corrected chi connectivity index (χ3v) is 10.1. The van der Waals surface area contributed by atoms with Gasteiger partial charge >= 0.3 is 5.97 Å². The summed E-state index contributed by atoms with van der Waals surface area (Å²) < 4.78 is 5.87. The highest BCUT2D eigenvalue weighted by Gasteiger charge is 2.24. The van der Waals surface area contributed by atoms with Crippen molar-refractivity contribution in [2.24, 2.45) is 0 Å². The maximum Gasteiger partial charge on any atom is 0.306 e. The van der Waals surface area contributed by atoms with E-state index in [9.17, 15) is 19.8 Å². The van der Waals surface area contributed by atoms with E-state index in [1.807, 2.05) is 0 Å². The molecule has 0 rings (SSSR count). The van der Waals surface area contributed by atoms with Crippen LogP contribution in [-0.4, -0.2) is 46.9 Å². The van der Waals surface area contributed by atoms with Crippen LogP contribution < -0.4 is 5.32 Å². The van der Waals surface area contributed by atoms with Crippen molar-refractivity contribution in [2.45, 2.75) is 251 Å². The highest BCUT2D eigenvalue weighted by atomic mass is 16.5. The molecule has 50 heavy (non-hydrogen) atoms. The first-order valence-corrected chi connectivity index (χ1v) is 21.9. The van der Waals surface area contributed by atoms with Crippen molar-refractivity contribution >= 4 is 11.9 Å². The smallest absolute Gasteiger partial charge is 0.306 e. The van der Waals surface area contributed by atoms with Crippen molar-refractivity contribution in [3.05, 3.63) is 12.2 Å².